The Balaban J connectivity index is 1.79. The Bertz CT molecular complexity index is 257. The van der Waals surface area contributed by atoms with Crippen LogP contribution >= 0.6 is 0 Å². The highest BCUT2D eigenvalue weighted by Gasteiger charge is 2.39. The van der Waals surface area contributed by atoms with Crippen LogP contribution in [0.4, 0.5) is 0 Å². The number of ether oxygens (including phenoxy) is 1. The fourth-order valence-corrected chi connectivity index (χ4v) is 2.68. The van der Waals surface area contributed by atoms with Crippen LogP contribution in [0.15, 0.2) is 0 Å². The first-order chi connectivity index (χ1) is 7.65. The number of amides is 1. The highest BCUT2D eigenvalue weighted by Crippen LogP contribution is 2.38. The fraction of sp³-hybridized carbons (Fsp3) is 0.917. The molecule has 0 aromatic rings. The van der Waals surface area contributed by atoms with Gasteiger partial charge < -0.3 is 15.2 Å². The molecule has 2 saturated carbocycles. The van der Waals surface area contributed by atoms with Gasteiger partial charge >= 0.3 is 0 Å². The van der Waals surface area contributed by atoms with Crippen molar-refractivity contribution in [3.63, 3.8) is 0 Å². The van der Waals surface area contributed by atoms with Crippen molar-refractivity contribution in [1.82, 2.24) is 5.32 Å². The van der Waals surface area contributed by atoms with E-state index in [0.29, 0.717) is 6.42 Å². The first-order valence-corrected chi connectivity index (χ1v) is 6.18. The molecule has 0 radical (unpaired) electrons. The number of aliphatic hydroxyl groups is 1. The van der Waals surface area contributed by atoms with Crippen molar-refractivity contribution in [2.75, 3.05) is 7.11 Å². The van der Waals surface area contributed by atoms with E-state index in [9.17, 15) is 9.90 Å². The zero-order valence-corrected chi connectivity index (χ0v) is 9.87. The predicted octanol–water partition coefficient (Wildman–Crippen LogP) is 0.975. The lowest BCUT2D eigenvalue weighted by Crippen LogP contribution is -2.47. The molecule has 0 aromatic carbocycles. The van der Waals surface area contributed by atoms with Crippen LogP contribution in [0.1, 0.15) is 44.9 Å². The molecule has 0 saturated heterocycles. The van der Waals surface area contributed by atoms with Crippen LogP contribution in [0.5, 0.6) is 0 Å². The van der Waals surface area contributed by atoms with E-state index < -0.39 is 0 Å². The minimum Gasteiger partial charge on any atom is -0.391 e. The average molecular weight is 227 g/mol. The first kappa shape index (κ1) is 11.9. The van der Waals surface area contributed by atoms with E-state index in [0.717, 1.165) is 38.5 Å². The minimum absolute atomic E-state index is 0.0208. The van der Waals surface area contributed by atoms with Crippen LogP contribution < -0.4 is 5.32 Å². The monoisotopic (exact) mass is 227 g/mol. The Labute approximate surface area is 96.4 Å². The molecule has 2 fully saturated rings. The molecule has 4 heteroatoms. The van der Waals surface area contributed by atoms with Gasteiger partial charge in [0.05, 0.1) is 24.2 Å². The average Bonchev–Trinajstić information content (AvgIpc) is 2.58. The lowest BCUT2D eigenvalue weighted by molar-refractivity contribution is -0.135. The number of carbonyl (C=O) groups excluding carboxylic acids is 1. The smallest absolute Gasteiger partial charge is 0.223 e. The van der Waals surface area contributed by atoms with Crippen molar-refractivity contribution < 1.29 is 14.6 Å². The third-order valence-electron chi connectivity index (χ3n) is 4.01. The highest BCUT2D eigenvalue weighted by molar-refractivity contribution is 5.77. The first-order valence-electron chi connectivity index (χ1n) is 6.18. The maximum Gasteiger partial charge on any atom is 0.223 e. The normalized spacial score (nSPS) is 32.1. The lowest BCUT2D eigenvalue weighted by Gasteiger charge is -2.40. The summed E-state index contributed by atoms with van der Waals surface area (Å²) in [4.78, 5) is 11.8. The molecule has 4 nitrogen and oxygen atoms in total. The highest BCUT2D eigenvalue weighted by atomic mass is 16.5. The second-order valence-corrected chi connectivity index (χ2v) is 5.09. The maximum atomic E-state index is 11.8. The standard InChI is InChI=1S/C12H21NO3/c1-16-12(6-3-7-12)8-11(15)13-9-4-2-5-10(9)14/h9-10,14H,2-8H2,1H3,(H,13,15)/t9-,10-/m1/s1. The summed E-state index contributed by atoms with van der Waals surface area (Å²) < 4.78 is 5.41. The molecule has 2 atom stereocenters. The molecule has 0 bridgehead atoms. The van der Waals surface area contributed by atoms with E-state index in [1.165, 1.54) is 0 Å². The zero-order chi connectivity index (χ0) is 11.6. The molecular formula is C12H21NO3. The number of carbonyl (C=O) groups is 1. The van der Waals surface area contributed by atoms with E-state index in [1.807, 2.05) is 0 Å². The lowest BCUT2D eigenvalue weighted by atomic mass is 9.77. The quantitative estimate of drug-likeness (QED) is 0.752. The summed E-state index contributed by atoms with van der Waals surface area (Å²) in [5, 5.41) is 12.5. The van der Waals surface area contributed by atoms with Crippen LogP contribution in [0.2, 0.25) is 0 Å². The minimum atomic E-state index is -0.358. The number of aliphatic hydroxyl groups excluding tert-OH is 1. The van der Waals surface area contributed by atoms with Gasteiger partial charge in [-0.2, -0.15) is 0 Å². The summed E-state index contributed by atoms with van der Waals surface area (Å²) in [7, 11) is 1.68. The second-order valence-electron chi connectivity index (χ2n) is 5.09. The van der Waals surface area contributed by atoms with Gasteiger partial charge in [-0.1, -0.05) is 0 Å². The third-order valence-corrected chi connectivity index (χ3v) is 4.01. The Morgan fingerprint density at radius 3 is 2.62 bits per heavy atom. The number of methoxy groups -OCH3 is 1. The van der Waals surface area contributed by atoms with Gasteiger partial charge in [0.2, 0.25) is 5.91 Å². The van der Waals surface area contributed by atoms with E-state index >= 15 is 0 Å². The molecule has 2 rings (SSSR count). The number of hydrogen-bond acceptors (Lipinski definition) is 3. The molecule has 0 aromatic heterocycles. The van der Waals surface area contributed by atoms with Crippen LogP contribution in [-0.4, -0.2) is 35.9 Å². The maximum absolute atomic E-state index is 11.8. The van der Waals surface area contributed by atoms with Gasteiger partial charge in [0.15, 0.2) is 0 Å². The molecule has 92 valence electrons. The van der Waals surface area contributed by atoms with E-state index in [4.69, 9.17) is 4.74 Å². The largest absolute Gasteiger partial charge is 0.391 e. The van der Waals surface area contributed by atoms with Gasteiger partial charge in [0, 0.05) is 7.11 Å². The van der Waals surface area contributed by atoms with Gasteiger partial charge in [-0.15, -0.1) is 0 Å². The summed E-state index contributed by atoms with van der Waals surface area (Å²) >= 11 is 0. The van der Waals surface area contributed by atoms with E-state index in [2.05, 4.69) is 5.32 Å². The number of nitrogens with one attached hydrogen (secondary N) is 1. The summed E-state index contributed by atoms with van der Waals surface area (Å²) in [6.45, 7) is 0. The Hall–Kier alpha value is -0.610. The molecule has 2 aliphatic rings. The Morgan fingerprint density at radius 2 is 2.19 bits per heavy atom. The molecular weight excluding hydrogens is 206 g/mol. The summed E-state index contributed by atoms with van der Waals surface area (Å²) in [5.41, 5.74) is -0.215. The van der Waals surface area contributed by atoms with Crippen molar-refractivity contribution in [2.24, 2.45) is 0 Å². The van der Waals surface area contributed by atoms with Crippen molar-refractivity contribution in [3.8, 4) is 0 Å². The molecule has 0 spiro atoms. The van der Waals surface area contributed by atoms with Gasteiger partial charge in [-0.3, -0.25) is 4.79 Å². The Kier molecular flexibility index (Phi) is 3.50. The van der Waals surface area contributed by atoms with Gasteiger partial charge in [-0.05, 0) is 38.5 Å². The number of hydrogen-bond donors (Lipinski definition) is 2. The van der Waals surface area contributed by atoms with Gasteiger partial charge in [0.25, 0.3) is 0 Å². The summed E-state index contributed by atoms with van der Waals surface area (Å²) in [5.74, 6) is 0.0208. The molecule has 0 unspecified atom stereocenters. The van der Waals surface area contributed by atoms with E-state index in [-0.39, 0.29) is 23.7 Å². The molecule has 2 N–H and O–H groups in total. The van der Waals surface area contributed by atoms with Crippen molar-refractivity contribution in [1.29, 1.82) is 0 Å². The zero-order valence-electron chi connectivity index (χ0n) is 9.87. The molecule has 16 heavy (non-hydrogen) atoms. The third kappa shape index (κ3) is 2.38. The van der Waals surface area contributed by atoms with Crippen LogP contribution in [-0.2, 0) is 9.53 Å². The van der Waals surface area contributed by atoms with Crippen LogP contribution in [0.25, 0.3) is 0 Å². The number of rotatable bonds is 4. The summed E-state index contributed by atoms with van der Waals surface area (Å²) in [6, 6.07) is -0.0403. The van der Waals surface area contributed by atoms with Gasteiger partial charge in [0.1, 0.15) is 0 Å². The molecule has 0 aliphatic heterocycles. The van der Waals surface area contributed by atoms with Gasteiger partial charge in [-0.25, -0.2) is 0 Å². The van der Waals surface area contributed by atoms with Crippen molar-refractivity contribution in [3.05, 3.63) is 0 Å². The van der Waals surface area contributed by atoms with Crippen LogP contribution in [0, 0.1) is 0 Å². The second kappa shape index (κ2) is 4.72. The van der Waals surface area contributed by atoms with E-state index in [1.54, 1.807) is 7.11 Å². The van der Waals surface area contributed by atoms with Crippen molar-refractivity contribution in [2.45, 2.75) is 62.7 Å². The predicted molar refractivity (Wildman–Crippen MR) is 60.0 cm³/mol. The fourth-order valence-electron chi connectivity index (χ4n) is 2.68. The molecule has 2 aliphatic carbocycles. The molecule has 1 amide bonds. The topological polar surface area (TPSA) is 58.6 Å². The summed E-state index contributed by atoms with van der Waals surface area (Å²) in [6.07, 6.45) is 5.88. The SMILES string of the molecule is COC1(CC(=O)N[C@@H]2CCC[C@H]2O)CCC1. The molecule has 0 heterocycles. The Morgan fingerprint density at radius 1 is 1.44 bits per heavy atom. The van der Waals surface area contributed by atoms with Crippen molar-refractivity contribution >= 4 is 5.91 Å². The van der Waals surface area contributed by atoms with Crippen LogP contribution in [0.3, 0.4) is 0 Å².